The zero-order chi connectivity index (χ0) is 11.8. The first-order chi connectivity index (χ1) is 6.97. The van der Waals surface area contributed by atoms with Crippen LogP contribution in [0.4, 0.5) is 0 Å². The first-order valence-electron chi connectivity index (χ1n) is 5.37. The third kappa shape index (κ3) is 6.94. The largest absolute Gasteiger partial charge is 0.425 e. The number of unbranched alkanes of at least 4 members (excludes halogenated alkanes) is 1. The highest BCUT2D eigenvalue weighted by molar-refractivity contribution is 5.72. The molecule has 0 bridgehead atoms. The molecule has 88 valence electrons. The molecular formula is C11H20O4. The zero-order valence-electron chi connectivity index (χ0n) is 9.91. The van der Waals surface area contributed by atoms with Crippen LogP contribution in [0.2, 0.25) is 0 Å². The van der Waals surface area contributed by atoms with Crippen molar-refractivity contribution < 1.29 is 19.1 Å². The van der Waals surface area contributed by atoms with Crippen LogP contribution in [-0.4, -0.2) is 18.2 Å². The molecule has 0 rings (SSSR count). The summed E-state index contributed by atoms with van der Waals surface area (Å²) >= 11 is 0. The highest BCUT2D eigenvalue weighted by Crippen LogP contribution is 2.04. The lowest BCUT2D eigenvalue weighted by atomic mass is 10.2. The van der Waals surface area contributed by atoms with E-state index in [9.17, 15) is 9.59 Å². The summed E-state index contributed by atoms with van der Waals surface area (Å²) in [6, 6.07) is 0. The molecule has 0 aliphatic heterocycles. The van der Waals surface area contributed by atoms with E-state index in [1.807, 2.05) is 6.92 Å². The van der Waals surface area contributed by atoms with Crippen molar-refractivity contribution in [1.29, 1.82) is 0 Å². The van der Waals surface area contributed by atoms with E-state index in [0.29, 0.717) is 6.42 Å². The minimum atomic E-state index is -0.788. The Morgan fingerprint density at radius 1 is 1.13 bits per heavy atom. The van der Waals surface area contributed by atoms with Gasteiger partial charge in [-0.2, -0.15) is 0 Å². The van der Waals surface area contributed by atoms with Crippen molar-refractivity contribution in [1.82, 2.24) is 0 Å². The van der Waals surface area contributed by atoms with Gasteiger partial charge in [-0.3, -0.25) is 9.59 Å². The molecule has 0 radical (unpaired) electrons. The smallest absolute Gasteiger partial charge is 0.311 e. The summed E-state index contributed by atoms with van der Waals surface area (Å²) in [7, 11) is 0. The van der Waals surface area contributed by atoms with Crippen LogP contribution in [0.5, 0.6) is 0 Å². The summed E-state index contributed by atoms with van der Waals surface area (Å²) in [6.07, 6.45) is 1.32. The molecule has 0 aliphatic rings. The molecule has 0 saturated heterocycles. The first kappa shape index (κ1) is 13.9. The Kier molecular flexibility index (Phi) is 6.75. The maximum Gasteiger partial charge on any atom is 0.311 e. The normalized spacial score (nSPS) is 12.3. The van der Waals surface area contributed by atoms with Crippen LogP contribution in [0.15, 0.2) is 0 Å². The lowest BCUT2D eigenvalue weighted by Crippen LogP contribution is -2.24. The third-order valence-electron chi connectivity index (χ3n) is 1.79. The van der Waals surface area contributed by atoms with Gasteiger partial charge in [0, 0.05) is 13.3 Å². The standard InChI is InChI=1S/C11H20O4/c1-5-6-7-10(12)14-9(4)15-11(13)8(2)3/h8-9H,5-7H2,1-4H3. The van der Waals surface area contributed by atoms with E-state index in [1.54, 1.807) is 20.8 Å². The molecule has 0 amide bonds. The summed E-state index contributed by atoms with van der Waals surface area (Å²) < 4.78 is 9.77. The van der Waals surface area contributed by atoms with Crippen molar-refractivity contribution in [3.63, 3.8) is 0 Å². The highest BCUT2D eigenvalue weighted by Gasteiger charge is 2.15. The van der Waals surface area contributed by atoms with Crippen LogP contribution >= 0.6 is 0 Å². The van der Waals surface area contributed by atoms with Gasteiger partial charge in [0.25, 0.3) is 0 Å². The van der Waals surface area contributed by atoms with Crippen LogP contribution < -0.4 is 0 Å². The minimum absolute atomic E-state index is 0.207. The van der Waals surface area contributed by atoms with Gasteiger partial charge >= 0.3 is 11.9 Å². The molecule has 1 atom stereocenters. The summed E-state index contributed by atoms with van der Waals surface area (Å²) in [5.41, 5.74) is 0. The van der Waals surface area contributed by atoms with E-state index in [-0.39, 0.29) is 17.9 Å². The predicted molar refractivity (Wildman–Crippen MR) is 56.0 cm³/mol. The fourth-order valence-corrected chi connectivity index (χ4v) is 0.889. The highest BCUT2D eigenvalue weighted by atomic mass is 16.7. The van der Waals surface area contributed by atoms with Crippen LogP contribution in [0.25, 0.3) is 0 Å². The Morgan fingerprint density at radius 3 is 2.20 bits per heavy atom. The molecule has 0 aromatic heterocycles. The maximum absolute atomic E-state index is 11.2. The second-order valence-electron chi connectivity index (χ2n) is 3.75. The molecular weight excluding hydrogens is 196 g/mol. The third-order valence-corrected chi connectivity index (χ3v) is 1.79. The second-order valence-corrected chi connectivity index (χ2v) is 3.75. The van der Waals surface area contributed by atoms with E-state index in [0.717, 1.165) is 12.8 Å². The molecule has 4 heteroatoms. The van der Waals surface area contributed by atoms with Gasteiger partial charge in [0.1, 0.15) is 0 Å². The Bertz CT molecular complexity index is 211. The Morgan fingerprint density at radius 2 is 1.73 bits per heavy atom. The molecule has 0 aliphatic carbocycles. The van der Waals surface area contributed by atoms with Crippen LogP contribution in [0.3, 0.4) is 0 Å². The number of ether oxygens (including phenoxy) is 2. The summed E-state index contributed by atoms with van der Waals surface area (Å²) in [5.74, 6) is -0.881. The second kappa shape index (κ2) is 7.26. The Labute approximate surface area is 90.9 Å². The topological polar surface area (TPSA) is 52.6 Å². The molecule has 0 aromatic rings. The average molecular weight is 216 g/mol. The number of carbonyl (C=O) groups excluding carboxylic acids is 2. The average Bonchev–Trinajstić information content (AvgIpc) is 2.14. The fourth-order valence-electron chi connectivity index (χ4n) is 0.889. The summed E-state index contributed by atoms with van der Waals surface area (Å²) in [5, 5.41) is 0. The van der Waals surface area contributed by atoms with Crippen LogP contribution in [-0.2, 0) is 19.1 Å². The number of hydrogen-bond acceptors (Lipinski definition) is 4. The monoisotopic (exact) mass is 216 g/mol. The van der Waals surface area contributed by atoms with Crippen molar-refractivity contribution in [2.24, 2.45) is 5.92 Å². The molecule has 1 unspecified atom stereocenters. The van der Waals surface area contributed by atoms with Crippen molar-refractivity contribution in [3.8, 4) is 0 Å². The number of carbonyl (C=O) groups is 2. The number of esters is 2. The molecule has 4 nitrogen and oxygen atoms in total. The zero-order valence-corrected chi connectivity index (χ0v) is 9.91. The molecule has 0 spiro atoms. The van der Waals surface area contributed by atoms with Crippen molar-refractivity contribution in [2.45, 2.75) is 53.2 Å². The van der Waals surface area contributed by atoms with E-state index < -0.39 is 6.29 Å². The van der Waals surface area contributed by atoms with Crippen LogP contribution in [0, 0.1) is 5.92 Å². The quantitative estimate of drug-likeness (QED) is 0.505. The van der Waals surface area contributed by atoms with Gasteiger partial charge in [-0.15, -0.1) is 0 Å². The SMILES string of the molecule is CCCCC(=O)OC(C)OC(=O)C(C)C. The minimum Gasteiger partial charge on any atom is -0.425 e. The van der Waals surface area contributed by atoms with Crippen LogP contribution in [0.1, 0.15) is 47.0 Å². The molecule has 0 heterocycles. The molecule has 15 heavy (non-hydrogen) atoms. The lowest BCUT2D eigenvalue weighted by Gasteiger charge is -2.15. The summed E-state index contributed by atoms with van der Waals surface area (Å²) in [6.45, 7) is 7.00. The first-order valence-corrected chi connectivity index (χ1v) is 5.37. The van der Waals surface area contributed by atoms with E-state index in [4.69, 9.17) is 9.47 Å². The van der Waals surface area contributed by atoms with Gasteiger partial charge in [-0.25, -0.2) is 0 Å². The number of rotatable bonds is 6. The van der Waals surface area contributed by atoms with E-state index in [2.05, 4.69) is 0 Å². The van der Waals surface area contributed by atoms with Crippen molar-refractivity contribution in [3.05, 3.63) is 0 Å². The molecule has 0 aromatic carbocycles. The predicted octanol–water partition coefficient (Wildman–Crippen LogP) is 2.27. The number of hydrogen-bond donors (Lipinski definition) is 0. The van der Waals surface area contributed by atoms with E-state index in [1.165, 1.54) is 0 Å². The molecule has 0 fully saturated rings. The molecule has 0 N–H and O–H groups in total. The van der Waals surface area contributed by atoms with Gasteiger partial charge in [0.15, 0.2) is 0 Å². The van der Waals surface area contributed by atoms with Gasteiger partial charge in [0.2, 0.25) is 6.29 Å². The van der Waals surface area contributed by atoms with E-state index >= 15 is 0 Å². The van der Waals surface area contributed by atoms with Gasteiger partial charge in [-0.05, 0) is 6.42 Å². The summed E-state index contributed by atoms with van der Waals surface area (Å²) in [4.78, 5) is 22.3. The van der Waals surface area contributed by atoms with Crippen molar-refractivity contribution in [2.75, 3.05) is 0 Å². The molecule has 0 saturated carbocycles. The maximum atomic E-state index is 11.2. The van der Waals surface area contributed by atoms with Gasteiger partial charge in [-0.1, -0.05) is 27.2 Å². The van der Waals surface area contributed by atoms with Crippen molar-refractivity contribution >= 4 is 11.9 Å². The Hall–Kier alpha value is -1.06. The Balaban J connectivity index is 3.77. The van der Waals surface area contributed by atoms with Gasteiger partial charge < -0.3 is 9.47 Å². The van der Waals surface area contributed by atoms with Gasteiger partial charge in [0.05, 0.1) is 5.92 Å². The fraction of sp³-hybridized carbons (Fsp3) is 0.818. The lowest BCUT2D eigenvalue weighted by molar-refractivity contribution is -0.186.